The van der Waals surface area contributed by atoms with E-state index in [1.54, 1.807) is 18.6 Å². The quantitative estimate of drug-likeness (QED) is 0.0272. The van der Waals surface area contributed by atoms with Crippen LogP contribution in [-0.2, 0) is 49.8 Å². The smallest absolute Gasteiger partial charge is 0.548 e. The van der Waals surface area contributed by atoms with Gasteiger partial charge in [0.25, 0.3) is 0 Å². The van der Waals surface area contributed by atoms with E-state index in [1.165, 1.54) is 37.2 Å². The Hall–Kier alpha value is -5.88. The van der Waals surface area contributed by atoms with E-state index in [9.17, 15) is 59.4 Å². The minimum Gasteiger partial charge on any atom is -0.548 e. The Bertz CT molecular complexity index is 1450. The number of H-pyrrole nitrogens is 3. The average molecular weight is 943 g/mol. The number of carbonyl (C=O) groups excluding carboxylic acids is 6. The number of nitrogens with zero attached hydrogens (tertiary/aromatic N) is 3. The molecule has 0 radical (unpaired) electrons. The van der Waals surface area contributed by atoms with E-state index < -0.39 is 53.9 Å². The first kappa shape index (κ1) is 61.8. The molecule has 0 fully saturated rings. The zero-order valence-corrected chi connectivity index (χ0v) is 35.3. The molecule has 3 heterocycles. The summed E-state index contributed by atoms with van der Waals surface area (Å²) < 4.78 is 0. The summed E-state index contributed by atoms with van der Waals surface area (Å²) in [5, 5.41) is 59.7. The van der Waals surface area contributed by atoms with Gasteiger partial charge >= 0.3 is 21.1 Å². The Balaban J connectivity index is -0.000000319. The van der Waals surface area contributed by atoms with Crippen molar-refractivity contribution in [3.8, 4) is 0 Å². The molecule has 3 rings (SSSR count). The van der Waals surface area contributed by atoms with Crippen molar-refractivity contribution in [2.75, 3.05) is 19.6 Å². The van der Waals surface area contributed by atoms with Crippen molar-refractivity contribution in [2.24, 2.45) is 34.4 Å². The van der Waals surface area contributed by atoms with E-state index in [1.807, 2.05) is 0 Å². The topological polar surface area (TPSA) is 483 Å². The summed E-state index contributed by atoms with van der Waals surface area (Å²) in [4.78, 5) is 79.0. The fourth-order valence-corrected chi connectivity index (χ4v) is 3.43. The molecule has 3 aromatic rings. The van der Waals surface area contributed by atoms with Gasteiger partial charge in [-0.2, -0.15) is 0 Å². The van der Waals surface area contributed by atoms with Crippen molar-refractivity contribution < 1.29 is 80.5 Å². The van der Waals surface area contributed by atoms with Crippen LogP contribution < -0.4 is 65.0 Å². The predicted molar refractivity (Wildman–Crippen MR) is 206 cm³/mol. The van der Waals surface area contributed by atoms with Crippen LogP contribution in [0.15, 0.2) is 55.8 Å². The maximum Gasteiger partial charge on any atom is 6.00 e. The molecule has 0 bridgehead atoms. The number of carboxylic acids is 6. The van der Waals surface area contributed by atoms with Crippen LogP contribution >= 0.6 is 0 Å². The first-order valence-corrected chi connectivity index (χ1v) is 18.0. The maximum atomic E-state index is 10.0. The van der Waals surface area contributed by atoms with Crippen LogP contribution in [0, 0.1) is 0 Å². The number of rotatable bonds is 21. The molecular weight excluding hydrogens is 888 g/mol. The van der Waals surface area contributed by atoms with Crippen molar-refractivity contribution in [3.63, 3.8) is 0 Å². The van der Waals surface area contributed by atoms with Gasteiger partial charge in [0.1, 0.15) is 0 Å². The van der Waals surface area contributed by atoms with Crippen molar-refractivity contribution >= 4 is 54.0 Å². The van der Waals surface area contributed by atoms with Crippen LogP contribution in [0.25, 0.3) is 18.2 Å². The number of carboxylic acid groups (broad SMARTS) is 6. The van der Waals surface area contributed by atoms with Gasteiger partial charge in [-0.1, -0.05) is 19.3 Å². The number of nitrogens with one attached hydrogen (secondary N) is 3. The van der Waals surface area contributed by atoms with Crippen LogP contribution in [0.3, 0.4) is 0 Å². The molecule has 336 valence electrons. The third kappa shape index (κ3) is 45.1. The van der Waals surface area contributed by atoms with E-state index in [-0.39, 0.29) is 21.1 Å². The van der Waals surface area contributed by atoms with Gasteiger partial charge < -0.3 is 109 Å². The summed E-state index contributed by atoms with van der Waals surface area (Å²) >= 11 is 0. The Kier molecular flexibility index (Phi) is 42.8. The second-order valence-corrected chi connectivity index (χ2v) is 11.6. The SMILES string of the molecule is NCCCC[C@H](N)C(=O)[O-].NCCCC[C@H](N)C(=O)[O-].NCCCC[C@H](N)C(=O)[O-].O=C([O-])C=Cc1c[nH]cn1.O=C([O-])C=Cc1c[nH]cn1.O=C([O-])C=Cc1c[nH]cn1.[Mo+6]. The fourth-order valence-electron chi connectivity index (χ4n) is 3.43. The van der Waals surface area contributed by atoms with Crippen molar-refractivity contribution in [3.05, 3.63) is 72.9 Å². The summed E-state index contributed by atoms with van der Waals surface area (Å²) in [6, 6.07) is -2.48. The molecule has 0 spiro atoms. The fraction of sp³-hybridized carbons (Fsp3) is 0.417. The molecule has 0 saturated carbocycles. The molecule has 61 heavy (non-hydrogen) atoms. The minimum absolute atomic E-state index is 0. The van der Waals surface area contributed by atoms with E-state index in [0.29, 0.717) is 56.0 Å². The van der Waals surface area contributed by atoms with Crippen molar-refractivity contribution in [1.29, 1.82) is 0 Å². The summed E-state index contributed by atoms with van der Waals surface area (Å²) in [7, 11) is 0. The molecule has 0 amide bonds. The van der Waals surface area contributed by atoms with Crippen LogP contribution in [0.4, 0.5) is 0 Å². The van der Waals surface area contributed by atoms with Crippen molar-refractivity contribution in [1.82, 2.24) is 29.9 Å². The molecule has 0 aromatic carbocycles. The Morgan fingerprint density at radius 3 is 0.852 bits per heavy atom. The van der Waals surface area contributed by atoms with E-state index in [0.717, 1.165) is 56.8 Å². The standard InChI is InChI=1S/3C6H6N2O2.3C6H14N2O2.Mo/c3*9-6(10)2-1-5-3-7-4-8-5;3*7-4-2-1-3-5(8)6(9)10;/h3*1-4H,(H,7,8)(H,9,10);3*5H,1-4,7-8H2,(H,9,10);/q;;;;;;+6/p-6/t;;;3*5-;/m...000./s1. The molecule has 24 nitrogen and oxygen atoms in total. The maximum absolute atomic E-state index is 10.0. The van der Waals surface area contributed by atoms with Crippen LogP contribution in [0.5, 0.6) is 0 Å². The predicted octanol–water partition coefficient (Wildman–Crippen LogP) is -7.91. The van der Waals surface area contributed by atoms with Crippen molar-refractivity contribution in [2.45, 2.75) is 75.9 Å². The first-order chi connectivity index (χ1) is 28.4. The van der Waals surface area contributed by atoms with Gasteiger partial charge in [-0.15, -0.1) is 0 Å². The molecule has 3 aromatic heterocycles. The van der Waals surface area contributed by atoms with Gasteiger partial charge in [-0.05, 0) is 94.6 Å². The summed E-state index contributed by atoms with van der Waals surface area (Å²) in [5.74, 6) is -7.21. The summed E-state index contributed by atoms with van der Waals surface area (Å²) in [6.07, 6.45) is 22.1. The number of carbonyl (C=O) groups is 6. The monoisotopic (exact) mass is 944 g/mol. The Morgan fingerprint density at radius 1 is 0.475 bits per heavy atom. The zero-order valence-electron chi connectivity index (χ0n) is 33.3. The van der Waals surface area contributed by atoms with Gasteiger partial charge in [-0.25, -0.2) is 15.0 Å². The van der Waals surface area contributed by atoms with Gasteiger partial charge in [0.2, 0.25) is 0 Å². The molecule has 25 heteroatoms. The summed E-state index contributed by atoms with van der Waals surface area (Å²) in [5.41, 5.74) is 32.7. The number of aliphatic carboxylic acids is 6. The Morgan fingerprint density at radius 2 is 0.705 bits per heavy atom. The largest absolute Gasteiger partial charge is 6.00 e. The van der Waals surface area contributed by atoms with Gasteiger partial charge in [-0.3, -0.25) is 0 Å². The van der Waals surface area contributed by atoms with E-state index in [4.69, 9.17) is 34.4 Å². The second-order valence-electron chi connectivity index (χ2n) is 11.6. The Labute approximate surface area is 366 Å². The number of unbranched alkanes of at least 4 members (excludes halogenated alkanes) is 3. The number of hydrogen-bond acceptors (Lipinski definition) is 21. The van der Waals surface area contributed by atoms with Crippen LogP contribution in [0.2, 0.25) is 0 Å². The minimum atomic E-state index is -1.22. The number of imidazole rings is 3. The molecule has 0 aliphatic heterocycles. The third-order valence-electron chi connectivity index (χ3n) is 6.54. The summed E-state index contributed by atoms with van der Waals surface area (Å²) in [6.45, 7) is 1.75. The first-order valence-electron chi connectivity index (χ1n) is 18.0. The van der Waals surface area contributed by atoms with E-state index >= 15 is 0 Å². The molecule has 0 unspecified atom stereocenters. The molecular formula is C36H54MoN12O12. The van der Waals surface area contributed by atoms with E-state index in [2.05, 4.69) is 29.9 Å². The van der Waals surface area contributed by atoms with Gasteiger partial charge in [0.05, 0.1) is 71.9 Å². The molecule has 3 atom stereocenters. The number of nitrogens with two attached hydrogens (primary N) is 6. The number of aromatic nitrogens is 6. The number of hydrogen-bond donors (Lipinski definition) is 9. The number of aromatic amines is 3. The van der Waals surface area contributed by atoms with Gasteiger partial charge in [0.15, 0.2) is 0 Å². The van der Waals surface area contributed by atoms with Crippen LogP contribution in [-0.4, -0.2) is 103 Å². The second kappa shape index (κ2) is 42.2. The molecule has 0 saturated heterocycles. The molecule has 0 aliphatic rings. The van der Waals surface area contributed by atoms with Gasteiger partial charge in [0, 0.05) is 36.7 Å². The van der Waals surface area contributed by atoms with Crippen LogP contribution in [0.1, 0.15) is 74.9 Å². The third-order valence-corrected chi connectivity index (χ3v) is 6.54. The average Bonchev–Trinajstić information content (AvgIpc) is 4.02. The normalized spacial score (nSPS) is 11.5. The molecule has 15 N–H and O–H groups in total. The molecule has 0 aliphatic carbocycles. The zero-order chi connectivity index (χ0) is 46.1.